The molecule has 21 heavy (non-hydrogen) atoms. The molecule has 0 fully saturated rings. The first-order chi connectivity index (χ1) is 9.82. The van der Waals surface area contributed by atoms with Gasteiger partial charge in [0, 0.05) is 6.20 Å². The Labute approximate surface area is 129 Å². The predicted molar refractivity (Wildman–Crippen MR) is 76.6 cm³/mol. The van der Waals surface area contributed by atoms with Crippen LogP contribution in [-0.2, 0) is 6.18 Å². The number of halogens is 5. The molecule has 0 aliphatic rings. The minimum Gasteiger partial charge on any atom is -0.308 e. The third-order valence-corrected chi connectivity index (χ3v) is 3.46. The van der Waals surface area contributed by atoms with Crippen molar-refractivity contribution in [2.75, 3.05) is 7.05 Å². The Hall–Kier alpha value is -1.30. The van der Waals surface area contributed by atoms with Crippen LogP contribution in [0.4, 0.5) is 13.2 Å². The number of nitrogens with zero attached hydrogens (tertiary/aromatic N) is 1. The molecule has 7 heteroatoms. The Morgan fingerprint density at radius 3 is 2.48 bits per heavy atom. The van der Waals surface area contributed by atoms with Gasteiger partial charge in [-0.25, -0.2) is 0 Å². The first kappa shape index (κ1) is 16.1. The summed E-state index contributed by atoms with van der Waals surface area (Å²) >= 11 is 11.9. The number of aromatic nitrogens is 1. The second-order valence-corrected chi connectivity index (χ2v) is 5.21. The van der Waals surface area contributed by atoms with Gasteiger partial charge in [0.1, 0.15) is 0 Å². The summed E-state index contributed by atoms with van der Waals surface area (Å²) in [6.07, 6.45) is -2.99. The van der Waals surface area contributed by atoms with Crippen LogP contribution in [0.3, 0.4) is 0 Å². The van der Waals surface area contributed by atoms with Gasteiger partial charge in [0.25, 0.3) is 0 Å². The van der Waals surface area contributed by atoms with Crippen molar-refractivity contribution in [3.05, 3.63) is 63.4 Å². The largest absolute Gasteiger partial charge is 0.416 e. The summed E-state index contributed by atoms with van der Waals surface area (Å²) < 4.78 is 38.4. The third-order valence-electron chi connectivity index (χ3n) is 2.95. The van der Waals surface area contributed by atoms with Crippen LogP contribution in [0.1, 0.15) is 22.9 Å². The monoisotopic (exact) mass is 334 g/mol. The summed E-state index contributed by atoms with van der Waals surface area (Å²) in [6, 6.07) is 5.98. The zero-order valence-electron chi connectivity index (χ0n) is 10.9. The zero-order chi connectivity index (χ0) is 15.6. The Bertz CT molecular complexity index is 644. The van der Waals surface area contributed by atoms with Crippen LogP contribution in [0, 0.1) is 0 Å². The van der Waals surface area contributed by atoms with Gasteiger partial charge in [-0.3, -0.25) is 4.98 Å². The minimum absolute atomic E-state index is 0.291. The van der Waals surface area contributed by atoms with E-state index < -0.39 is 17.8 Å². The first-order valence-electron chi connectivity index (χ1n) is 5.98. The standard InChI is InChI=1S/C14H11Cl2F3N2/c1-20-12(13-11(16)6-10(15)7-21-13)8-3-2-4-9(5-8)14(17,18)19/h2-7,12,20H,1H3. The molecule has 0 bridgehead atoms. The molecule has 0 aliphatic carbocycles. The van der Waals surface area contributed by atoms with Gasteiger partial charge in [-0.1, -0.05) is 35.3 Å². The SMILES string of the molecule is CNC(c1cccc(C(F)(F)F)c1)c1ncc(Cl)cc1Cl. The number of hydrogen-bond acceptors (Lipinski definition) is 2. The Morgan fingerprint density at radius 2 is 1.90 bits per heavy atom. The number of rotatable bonds is 3. The van der Waals surface area contributed by atoms with E-state index in [2.05, 4.69) is 10.3 Å². The second kappa shape index (κ2) is 6.22. The molecule has 2 aromatic rings. The molecule has 1 atom stereocenters. The maximum atomic E-state index is 12.8. The van der Waals surface area contributed by atoms with E-state index in [1.807, 2.05) is 0 Å². The average Bonchev–Trinajstić information content (AvgIpc) is 2.41. The van der Waals surface area contributed by atoms with Gasteiger partial charge < -0.3 is 5.32 Å². The van der Waals surface area contributed by atoms with Crippen LogP contribution in [0.2, 0.25) is 10.0 Å². The summed E-state index contributed by atoms with van der Waals surface area (Å²) in [7, 11) is 1.62. The van der Waals surface area contributed by atoms with Crippen LogP contribution >= 0.6 is 23.2 Å². The molecule has 112 valence electrons. The van der Waals surface area contributed by atoms with E-state index in [1.54, 1.807) is 13.1 Å². The lowest BCUT2D eigenvalue weighted by Crippen LogP contribution is -2.20. The molecule has 2 rings (SSSR count). The molecule has 1 N–H and O–H groups in total. The number of benzene rings is 1. The highest BCUT2D eigenvalue weighted by molar-refractivity contribution is 6.34. The quantitative estimate of drug-likeness (QED) is 0.878. The lowest BCUT2D eigenvalue weighted by molar-refractivity contribution is -0.137. The molecule has 1 aromatic carbocycles. The topological polar surface area (TPSA) is 24.9 Å². The first-order valence-corrected chi connectivity index (χ1v) is 6.74. The number of pyridine rings is 1. The Morgan fingerprint density at radius 1 is 1.19 bits per heavy atom. The van der Waals surface area contributed by atoms with E-state index in [0.717, 1.165) is 12.1 Å². The summed E-state index contributed by atoms with van der Waals surface area (Å²) in [5.41, 5.74) is 0.122. The molecular weight excluding hydrogens is 324 g/mol. The highest BCUT2D eigenvalue weighted by Crippen LogP contribution is 2.33. The Balaban J connectivity index is 2.47. The van der Waals surface area contributed by atoms with Crippen molar-refractivity contribution in [2.45, 2.75) is 12.2 Å². The van der Waals surface area contributed by atoms with E-state index in [4.69, 9.17) is 23.2 Å². The summed E-state index contributed by atoms with van der Waals surface area (Å²) in [5.74, 6) is 0. The van der Waals surface area contributed by atoms with Crippen LogP contribution < -0.4 is 5.32 Å². The molecule has 0 amide bonds. The normalized spacial score (nSPS) is 13.2. The molecule has 1 unspecified atom stereocenters. The van der Waals surface area contributed by atoms with Crippen molar-refractivity contribution in [2.24, 2.45) is 0 Å². The smallest absolute Gasteiger partial charge is 0.308 e. The van der Waals surface area contributed by atoms with E-state index in [1.165, 1.54) is 18.3 Å². The van der Waals surface area contributed by atoms with Crippen molar-refractivity contribution in [3.8, 4) is 0 Å². The van der Waals surface area contributed by atoms with Crippen LogP contribution in [0.15, 0.2) is 36.5 Å². The van der Waals surface area contributed by atoms with Crippen molar-refractivity contribution >= 4 is 23.2 Å². The molecule has 0 aliphatic heterocycles. The summed E-state index contributed by atoms with van der Waals surface area (Å²) in [5, 5.41) is 3.57. The fraction of sp³-hybridized carbons (Fsp3) is 0.214. The van der Waals surface area contributed by atoms with Gasteiger partial charge in [-0.05, 0) is 30.8 Å². The maximum Gasteiger partial charge on any atom is 0.416 e. The molecule has 0 saturated heterocycles. The van der Waals surface area contributed by atoms with Crippen LogP contribution in [0.5, 0.6) is 0 Å². The van der Waals surface area contributed by atoms with Gasteiger partial charge >= 0.3 is 6.18 Å². The van der Waals surface area contributed by atoms with Crippen molar-refractivity contribution in [1.29, 1.82) is 0 Å². The van der Waals surface area contributed by atoms with Crippen LogP contribution in [0.25, 0.3) is 0 Å². The lowest BCUT2D eigenvalue weighted by atomic mass is 10.0. The molecule has 1 heterocycles. The van der Waals surface area contributed by atoms with Crippen molar-refractivity contribution in [3.63, 3.8) is 0 Å². The van der Waals surface area contributed by atoms with Crippen molar-refractivity contribution < 1.29 is 13.2 Å². The second-order valence-electron chi connectivity index (χ2n) is 4.37. The number of alkyl halides is 3. The predicted octanol–water partition coefficient (Wildman–Crippen LogP) is 4.72. The minimum atomic E-state index is -4.40. The van der Waals surface area contributed by atoms with Crippen LogP contribution in [-0.4, -0.2) is 12.0 Å². The highest BCUT2D eigenvalue weighted by Gasteiger charge is 2.31. The number of nitrogens with one attached hydrogen (secondary N) is 1. The summed E-state index contributed by atoms with van der Waals surface area (Å²) in [4.78, 5) is 4.11. The van der Waals surface area contributed by atoms with Gasteiger partial charge in [0.2, 0.25) is 0 Å². The highest BCUT2D eigenvalue weighted by atomic mass is 35.5. The average molecular weight is 335 g/mol. The van der Waals surface area contributed by atoms with Gasteiger partial charge in [0.15, 0.2) is 0 Å². The van der Waals surface area contributed by atoms with E-state index in [9.17, 15) is 13.2 Å². The molecule has 0 radical (unpaired) electrons. The lowest BCUT2D eigenvalue weighted by Gasteiger charge is -2.19. The fourth-order valence-corrected chi connectivity index (χ4v) is 2.48. The van der Waals surface area contributed by atoms with E-state index in [-0.39, 0.29) is 0 Å². The van der Waals surface area contributed by atoms with E-state index in [0.29, 0.717) is 21.3 Å². The number of hydrogen-bond donors (Lipinski definition) is 1. The van der Waals surface area contributed by atoms with E-state index >= 15 is 0 Å². The third kappa shape index (κ3) is 3.67. The zero-order valence-corrected chi connectivity index (χ0v) is 12.4. The van der Waals surface area contributed by atoms with Gasteiger partial charge in [-0.2, -0.15) is 13.2 Å². The molecule has 0 spiro atoms. The Kier molecular flexibility index (Phi) is 4.76. The molecule has 2 nitrogen and oxygen atoms in total. The molecule has 0 saturated carbocycles. The molecule has 1 aromatic heterocycles. The fourth-order valence-electron chi connectivity index (χ4n) is 1.99. The summed E-state index contributed by atoms with van der Waals surface area (Å²) in [6.45, 7) is 0. The molecular formula is C14H11Cl2F3N2. The van der Waals surface area contributed by atoms with Gasteiger partial charge in [-0.15, -0.1) is 0 Å². The van der Waals surface area contributed by atoms with Crippen molar-refractivity contribution in [1.82, 2.24) is 10.3 Å². The van der Waals surface area contributed by atoms with Gasteiger partial charge in [0.05, 0.1) is 27.3 Å². The maximum absolute atomic E-state index is 12.8.